The molecule has 0 amide bonds. The average molecular weight is 127 g/mol. The van der Waals surface area contributed by atoms with E-state index in [-0.39, 0.29) is 0 Å². The topological polar surface area (TPSA) is 60.2 Å². The molecule has 0 saturated heterocycles. The van der Waals surface area contributed by atoms with Crippen molar-refractivity contribution in [1.29, 1.82) is 0 Å². The SMILES string of the molecule is NC([C]=O)CCC[C]=O. The van der Waals surface area contributed by atoms with Gasteiger partial charge in [0, 0.05) is 6.42 Å². The Labute approximate surface area is 54.2 Å². The molecule has 0 aliphatic rings. The Morgan fingerprint density at radius 3 is 2.56 bits per heavy atom. The molecule has 0 rings (SSSR count). The van der Waals surface area contributed by atoms with Crippen LogP contribution in [0.5, 0.6) is 0 Å². The van der Waals surface area contributed by atoms with Crippen LogP contribution in [-0.2, 0) is 9.59 Å². The van der Waals surface area contributed by atoms with Crippen LogP contribution < -0.4 is 5.73 Å². The minimum Gasteiger partial charge on any atom is -0.321 e. The molecule has 0 aromatic rings. The standard InChI is InChI=1S/C6H9NO2/c7-6(5-9)3-1-2-4-8/h6H,1-3,7H2. The summed E-state index contributed by atoms with van der Waals surface area (Å²) in [4.78, 5) is 19.4. The Balaban J connectivity index is 3.05. The molecule has 0 aliphatic heterocycles. The van der Waals surface area contributed by atoms with Crippen LogP contribution in [-0.4, -0.2) is 18.6 Å². The van der Waals surface area contributed by atoms with E-state index in [0.29, 0.717) is 19.3 Å². The number of hydrogen-bond acceptors (Lipinski definition) is 3. The van der Waals surface area contributed by atoms with Crippen molar-refractivity contribution in [2.75, 3.05) is 0 Å². The quantitative estimate of drug-likeness (QED) is 0.516. The van der Waals surface area contributed by atoms with Gasteiger partial charge in [0.05, 0.1) is 6.04 Å². The van der Waals surface area contributed by atoms with E-state index in [9.17, 15) is 9.59 Å². The van der Waals surface area contributed by atoms with Crippen molar-refractivity contribution in [3.8, 4) is 0 Å². The second kappa shape index (κ2) is 5.44. The van der Waals surface area contributed by atoms with Gasteiger partial charge in [-0.1, -0.05) is 0 Å². The van der Waals surface area contributed by atoms with Crippen molar-refractivity contribution in [2.24, 2.45) is 5.73 Å². The summed E-state index contributed by atoms with van der Waals surface area (Å²) in [5, 5.41) is 0. The van der Waals surface area contributed by atoms with Crippen molar-refractivity contribution >= 4 is 12.6 Å². The normalized spacial score (nSPS) is 12.6. The lowest BCUT2D eigenvalue weighted by Crippen LogP contribution is -2.20. The second-order valence-corrected chi connectivity index (χ2v) is 1.76. The second-order valence-electron chi connectivity index (χ2n) is 1.76. The summed E-state index contributed by atoms with van der Waals surface area (Å²) in [6.45, 7) is 0. The number of unbranched alkanes of at least 4 members (excludes halogenated alkanes) is 1. The zero-order valence-electron chi connectivity index (χ0n) is 5.09. The molecule has 0 aromatic heterocycles. The highest BCUT2D eigenvalue weighted by molar-refractivity contribution is 5.58. The molecule has 9 heavy (non-hydrogen) atoms. The van der Waals surface area contributed by atoms with Crippen LogP contribution in [0.4, 0.5) is 0 Å². The van der Waals surface area contributed by atoms with Gasteiger partial charge in [-0.05, 0) is 12.8 Å². The fourth-order valence-electron chi connectivity index (χ4n) is 0.453. The van der Waals surface area contributed by atoms with Crippen LogP contribution in [0, 0.1) is 0 Å². The van der Waals surface area contributed by atoms with E-state index >= 15 is 0 Å². The first-order chi connectivity index (χ1) is 4.31. The Morgan fingerprint density at radius 2 is 2.11 bits per heavy atom. The molecule has 2 N–H and O–H groups in total. The van der Waals surface area contributed by atoms with Crippen molar-refractivity contribution < 1.29 is 9.59 Å². The molecular weight excluding hydrogens is 118 g/mol. The highest BCUT2D eigenvalue weighted by Gasteiger charge is 1.98. The van der Waals surface area contributed by atoms with Crippen LogP contribution in [0.1, 0.15) is 19.3 Å². The van der Waals surface area contributed by atoms with Gasteiger partial charge < -0.3 is 5.73 Å². The number of carbonyl (C=O) groups excluding carboxylic acids is 2. The van der Waals surface area contributed by atoms with E-state index in [1.165, 1.54) is 0 Å². The highest BCUT2D eigenvalue weighted by Crippen LogP contribution is 1.93. The molecule has 1 unspecified atom stereocenters. The van der Waals surface area contributed by atoms with E-state index < -0.39 is 6.04 Å². The van der Waals surface area contributed by atoms with Crippen LogP contribution in [0.25, 0.3) is 0 Å². The summed E-state index contributed by atoms with van der Waals surface area (Å²) in [6, 6.07) is -0.529. The van der Waals surface area contributed by atoms with Gasteiger partial charge in [-0.25, -0.2) is 0 Å². The molecule has 1 atom stereocenters. The van der Waals surface area contributed by atoms with Gasteiger partial charge in [0.15, 0.2) is 6.29 Å². The van der Waals surface area contributed by atoms with Gasteiger partial charge in [0.1, 0.15) is 0 Å². The minimum absolute atomic E-state index is 0.357. The van der Waals surface area contributed by atoms with Gasteiger partial charge in [0.25, 0.3) is 0 Å². The lowest BCUT2D eigenvalue weighted by Gasteiger charge is -1.96. The fraction of sp³-hybridized carbons (Fsp3) is 0.667. The van der Waals surface area contributed by atoms with E-state index in [0.717, 1.165) is 0 Å². The molecule has 50 valence electrons. The zero-order valence-corrected chi connectivity index (χ0v) is 5.09. The first-order valence-electron chi connectivity index (χ1n) is 2.79. The maximum atomic E-state index is 9.75. The molecular formula is C6H9NO2. The van der Waals surface area contributed by atoms with Gasteiger partial charge in [-0.15, -0.1) is 0 Å². The molecule has 0 heterocycles. The van der Waals surface area contributed by atoms with Crippen molar-refractivity contribution in [2.45, 2.75) is 25.3 Å². The summed E-state index contributed by atoms with van der Waals surface area (Å²) in [5.74, 6) is 0. The van der Waals surface area contributed by atoms with Gasteiger partial charge >= 0.3 is 0 Å². The maximum absolute atomic E-state index is 9.75. The maximum Gasteiger partial charge on any atom is 0.216 e. The molecule has 0 fully saturated rings. The summed E-state index contributed by atoms with van der Waals surface area (Å²) >= 11 is 0. The minimum atomic E-state index is -0.529. The Morgan fingerprint density at radius 1 is 1.44 bits per heavy atom. The summed E-state index contributed by atoms with van der Waals surface area (Å²) in [5.41, 5.74) is 5.16. The van der Waals surface area contributed by atoms with Crippen LogP contribution >= 0.6 is 0 Å². The molecule has 2 radical (unpaired) electrons. The Kier molecular flexibility index (Phi) is 5.01. The number of nitrogens with two attached hydrogens (primary N) is 1. The molecule has 0 saturated carbocycles. The molecule has 3 heteroatoms. The molecule has 0 aromatic carbocycles. The predicted molar refractivity (Wildman–Crippen MR) is 33.2 cm³/mol. The van der Waals surface area contributed by atoms with Gasteiger partial charge in [0.2, 0.25) is 6.29 Å². The highest BCUT2D eigenvalue weighted by atomic mass is 16.1. The Bertz CT molecular complexity index is 93.1. The Hall–Kier alpha value is -0.700. The van der Waals surface area contributed by atoms with Crippen LogP contribution in [0.2, 0.25) is 0 Å². The smallest absolute Gasteiger partial charge is 0.216 e. The van der Waals surface area contributed by atoms with Crippen molar-refractivity contribution in [3.05, 3.63) is 0 Å². The van der Waals surface area contributed by atoms with E-state index in [2.05, 4.69) is 0 Å². The summed E-state index contributed by atoms with van der Waals surface area (Å²) in [7, 11) is 0. The van der Waals surface area contributed by atoms with Crippen molar-refractivity contribution in [1.82, 2.24) is 0 Å². The largest absolute Gasteiger partial charge is 0.321 e. The summed E-state index contributed by atoms with van der Waals surface area (Å²) in [6.07, 6.45) is 4.84. The average Bonchev–Trinajstić information content (AvgIpc) is 1.89. The first-order valence-corrected chi connectivity index (χ1v) is 2.79. The zero-order chi connectivity index (χ0) is 7.11. The number of hydrogen-bond donors (Lipinski definition) is 1. The fourth-order valence-corrected chi connectivity index (χ4v) is 0.453. The lowest BCUT2D eigenvalue weighted by atomic mass is 10.1. The van der Waals surface area contributed by atoms with E-state index in [4.69, 9.17) is 5.73 Å². The van der Waals surface area contributed by atoms with Gasteiger partial charge in [-0.3, -0.25) is 9.59 Å². The third-order valence-electron chi connectivity index (χ3n) is 0.945. The van der Waals surface area contributed by atoms with Crippen LogP contribution in [0.15, 0.2) is 0 Å². The molecule has 0 spiro atoms. The summed E-state index contributed by atoms with van der Waals surface area (Å²) < 4.78 is 0. The monoisotopic (exact) mass is 127 g/mol. The van der Waals surface area contributed by atoms with Crippen molar-refractivity contribution in [3.63, 3.8) is 0 Å². The van der Waals surface area contributed by atoms with Crippen LogP contribution in [0.3, 0.4) is 0 Å². The molecule has 0 aliphatic carbocycles. The third kappa shape index (κ3) is 5.17. The van der Waals surface area contributed by atoms with Gasteiger partial charge in [-0.2, -0.15) is 0 Å². The lowest BCUT2D eigenvalue weighted by molar-refractivity contribution is 0.526. The molecule has 3 nitrogen and oxygen atoms in total. The first kappa shape index (κ1) is 8.30. The van der Waals surface area contributed by atoms with E-state index in [1.54, 1.807) is 12.6 Å². The third-order valence-corrected chi connectivity index (χ3v) is 0.945. The van der Waals surface area contributed by atoms with E-state index in [1.807, 2.05) is 0 Å². The predicted octanol–water partition coefficient (Wildman–Crippen LogP) is -0.297. The number of rotatable bonds is 5. The molecule has 0 bridgehead atoms.